The summed E-state index contributed by atoms with van der Waals surface area (Å²) >= 11 is 30.9. The number of carbonyl (C=O) groups is 2. The minimum absolute atomic E-state index is 0.0192. The van der Waals surface area contributed by atoms with E-state index in [4.69, 9.17) is 63.7 Å². The summed E-state index contributed by atoms with van der Waals surface area (Å²) < 4.78 is 26.0. The summed E-state index contributed by atoms with van der Waals surface area (Å²) in [6, 6.07) is 10.4. The van der Waals surface area contributed by atoms with Crippen LogP contribution in [0, 0.1) is 17.6 Å². The first-order valence-corrected chi connectivity index (χ1v) is 11.8. The average Bonchev–Trinajstić information content (AvgIpc) is 3.35. The molecule has 1 aliphatic rings. The molecule has 35 heavy (non-hydrogen) atoms. The zero-order chi connectivity index (χ0) is 25.7. The first-order valence-electron chi connectivity index (χ1n) is 9.89. The Labute approximate surface area is 223 Å². The smallest absolute Gasteiger partial charge is 0.257 e. The van der Waals surface area contributed by atoms with Gasteiger partial charge in [-0.1, -0.05) is 40.9 Å². The molecule has 1 aliphatic carbocycles. The van der Waals surface area contributed by atoms with Crippen molar-refractivity contribution in [1.29, 1.82) is 0 Å². The second-order valence-electron chi connectivity index (χ2n) is 7.79. The Morgan fingerprint density at radius 1 is 0.886 bits per heavy atom. The molecular formula is C23H14Cl5F2N3O2. The van der Waals surface area contributed by atoms with Crippen LogP contribution in [0.2, 0.25) is 15.1 Å². The Morgan fingerprint density at radius 3 is 2.23 bits per heavy atom. The SMILES string of the molecule is Nc1cc(F)cc(F)c1NC(=O)c1cc(NC(=O)[C@H]2[C@H](c3ccc(Cl)c(Cl)c3)C2(Cl)Cl)ccc1Cl. The molecule has 0 aromatic heterocycles. The van der Waals surface area contributed by atoms with Crippen LogP contribution in [0.1, 0.15) is 21.8 Å². The van der Waals surface area contributed by atoms with Gasteiger partial charge in [-0.2, -0.15) is 0 Å². The molecule has 0 spiro atoms. The summed E-state index contributed by atoms with van der Waals surface area (Å²) in [6.45, 7) is 0. The molecule has 2 amide bonds. The average molecular weight is 580 g/mol. The molecule has 1 fully saturated rings. The van der Waals surface area contributed by atoms with Crippen molar-refractivity contribution in [2.45, 2.75) is 10.3 Å². The fourth-order valence-corrected chi connectivity index (χ4v) is 5.01. The van der Waals surface area contributed by atoms with Crippen molar-refractivity contribution in [3.8, 4) is 0 Å². The van der Waals surface area contributed by atoms with Crippen molar-refractivity contribution >= 4 is 86.9 Å². The van der Waals surface area contributed by atoms with E-state index < -0.39 is 45.3 Å². The number of amides is 2. The van der Waals surface area contributed by atoms with Gasteiger partial charge in [-0.05, 0) is 42.0 Å². The predicted molar refractivity (Wildman–Crippen MR) is 136 cm³/mol. The number of nitrogens with two attached hydrogens (primary N) is 1. The van der Waals surface area contributed by atoms with Gasteiger partial charge in [-0.25, -0.2) is 8.78 Å². The number of halogens is 7. The lowest BCUT2D eigenvalue weighted by Crippen LogP contribution is -2.19. The molecule has 12 heteroatoms. The van der Waals surface area contributed by atoms with E-state index in [2.05, 4.69) is 10.6 Å². The number of rotatable bonds is 5. The number of alkyl halides is 2. The van der Waals surface area contributed by atoms with E-state index in [0.29, 0.717) is 21.7 Å². The topological polar surface area (TPSA) is 84.2 Å². The predicted octanol–water partition coefficient (Wildman–Crippen LogP) is 7.29. The van der Waals surface area contributed by atoms with Crippen LogP contribution in [0.3, 0.4) is 0 Å². The van der Waals surface area contributed by atoms with Crippen molar-refractivity contribution in [1.82, 2.24) is 0 Å². The van der Waals surface area contributed by atoms with Crippen molar-refractivity contribution in [3.05, 3.63) is 86.4 Å². The molecule has 0 bridgehead atoms. The first-order chi connectivity index (χ1) is 16.4. The van der Waals surface area contributed by atoms with E-state index in [1.807, 2.05) is 0 Å². The van der Waals surface area contributed by atoms with Gasteiger partial charge in [0.05, 0.1) is 32.2 Å². The Kier molecular flexibility index (Phi) is 7.10. The van der Waals surface area contributed by atoms with Crippen LogP contribution in [0.15, 0.2) is 48.5 Å². The molecule has 0 aliphatic heterocycles. The Bertz CT molecular complexity index is 1350. The fourth-order valence-electron chi connectivity index (χ4n) is 3.68. The van der Waals surface area contributed by atoms with Crippen molar-refractivity contribution in [2.75, 3.05) is 16.4 Å². The van der Waals surface area contributed by atoms with Crippen LogP contribution in [0.4, 0.5) is 25.8 Å². The quantitative estimate of drug-likeness (QED) is 0.219. The highest BCUT2D eigenvalue weighted by atomic mass is 35.5. The zero-order valence-corrected chi connectivity index (χ0v) is 21.1. The molecule has 2 atom stereocenters. The van der Waals surface area contributed by atoms with Crippen molar-refractivity contribution in [3.63, 3.8) is 0 Å². The van der Waals surface area contributed by atoms with Gasteiger partial charge in [0.2, 0.25) is 5.91 Å². The van der Waals surface area contributed by atoms with Crippen LogP contribution in [0.25, 0.3) is 0 Å². The largest absolute Gasteiger partial charge is 0.397 e. The molecule has 0 unspecified atom stereocenters. The summed E-state index contributed by atoms with van der Waals surface area (Å²) in [4.78, 5) is 25.6. The van der Waals surface area contributed by atoms with Gasteiger partial charge in [-0.15, -0.1) is 23.2 Å². The van der Waals surface area contributed by atoms with Crippen LogP contribution in [0.5, 0.6) is 0 Å². The standard InChI is InChI=1S/C23H14Cl5F2N3O2/c24-13-4-2-11(8-12(13)21(34)33-20-16(30)6-10(29)7-17(20)31)32-22(35)19-18(23(19,27)28)9-1-3-14(25)15(26)5-9/h1-8,18-19H,31H2,(H,32,35)(H,33,34)/t18-,19+/m0/s1. The number of hydrogen-bond acceptors (Lipinski definition) is 3. The summed E-state index contributed by atoms with van der Waals surface area (Å²) in [5.74, 6) is -4.64. The molecule has 0 radical (unpaired) electrons. The minimum Gasteiger partial charge on any atom is -0.397 e. The number of hydrogen-bond donors (Lipinski definition) is 3. The fraction of sp³-hybridized carbons (Fsp3) is 0.130. The minimum atomic E-state index is -1.38. The summed E-state index contributed by atoms with van der Waals surface area (Å²) in [5.41, 5.74) is 5.65. The van der Waals surface area contributed by atoms with Crippen LogP contribution in [-0.2, 0) is 4.79 Å². The van der Waals surface area contributed by atoms with Gasteiger partial charge < -0.3 is 16.4 Å². The molecule has 3 aromatic carbocycles. The molecule has 5 nitrogen and oxygen atoms in total. The van der Waals surface area contributed by atoms with Crippen molar-refractivity contribution < 1.29 is 18.4 Å². The highest BCUT2D eigenvalue weighted by molar-refractivity contribution is 6.53. The van der Waals surface area contributed by atoms with E-state index in [1.165, 1.54) is 18.2 Å². The lowest BCUT2D eigenvalue weighted by Gasteiger charge is -2.12. The monoisotopic (exact) mass is 577 g/mol. The third-order valence-corrected chi connectivity index (χ3v) is 7.45. The molecule has 3 aromatic rings. The van der Waals surface area contributed by atoms with Crippen LogP contribution >= 0.6 is 58.0 Å². The van der Waals surface area contributed by atoms with Crippen molar-refractivity contribution in [2.24, 2.45) is 5.92 Å². The van der Waals surface area contributed by atoms with Gasteiger partial charge in [0.25, 0.3) is 5.91 Å². The summed E-state index contributed by atoms with van der Waals surface area (Å²) in [7, 11) is 0. The lowest BCUT2D eigenvalue weighted by molar-refractivity contribution is -0.117. The maximum Gasteiger partial charge on any atom is 0.257 e. The normalized spacial score (nSPS) is 18.1. The number of benzene rings is 3. The molecule has 182 valence electrons. The van der Waals surface area contributed by atoms with Crippen LogP contribution < -0.4 is 16.4 Å². The summed E-state index contributed by atoms with van der Waals surface area (Å²) in [6.07, 6.45) is 0. The second kappa shape index (κ2) is 9.64. The lowest BCUT2D eigenvalue weighted by atomic mass is 10.1. The van der Waals surface area contributed by atoms with E-state index in [-0.39, 0.29) is 22.0 Å². The van der Waals surface area contributed by atoms with Gasteiger partial charge in [0.15, 0.2) is 5.82 Å². The third kappa shape index (κ3) is 5.15. The maximum atomic E-state index is 14.1. The van der Waals surface area contributed by atoms with E-state index in [0.717, 1.165) is 6.07 Å². The molecule has 1 saturated carbocycles. The van der Waals surface area contributed by atoms with E-state index in [9.17, 15) is 18.4 Å². The zero-order valence-electron chi connectivity index (χ0n) is 17.3. The van der Waals surface area contributed by atoms with Gasteiger partial charge in [-0.3, -0.25) is 9.59 Å². The number of nitrogens with one attached hydrogen (secondary N) is 2. The number of nitrogen functional groups attached to an aromatic ring is 1. The number of carbonyl (C=O) groups excluding carboxylic acids is 2. The highest BCUT2D eigenvalue weighted by Crippen LogP contribution is 2.65. The van der Waals surface area contributed by atoms with E-state index in [1.54, 1.807) is 18.2 Å². The molecule has 0 heterocycles. The first kappa shape index (κ1) is 25.8. The Hall–Kier alpha value is -2.29. The Morgan fingerprint density at radius 2 is 1.57 bits per heavy atom. The van der Waals surface area contributed by atoms with E-state index >= 15 is 0 Å². The second-order valence-corrected chi connectivity index (χ2v) is 10.5. The van der Waals surface area contributed by atoms with Gasteiger partial charge in [0, 0.05) is 17.7 Å². The highest BCUT2D eigenvalue weighted by Gasteiger charge is 2.67. The number of anilines is 3. The maximum absolute atomic E-state index is 14.1. The molecule has 0 saturated heterocycles. The molecule has 4 rings (SSSR count). The van der Waals surface area contributed by atoms with Gasteiger partial charge >= 0.3 is 0 Å². The van der Waals surface area contributed by atoms with Crippen LogP contribution in [-0.4, -0.2) is 16.1 Å². The molecule has 4 N–H and O–H groups in total. The third-order valence-electron chi connectivity index (χ3n) is 5.44. The molecular weight excluding hydrogens is 566 g/mol. The summed E-state index contributed by atoms with van der Waals surface area (Å²) in [5, 5.41) is 5.57. The van der Waals surface area contributed by atoms with Gasteiger partial charge in [0.1, 0.15) is 15.8 Å². The Balaban J connectivity index is 1.52.